The van der Waals surface area contributed by atoms with Crippen LogP contribution in [-0.2, 0) is 16.0 Å². The predicted molar refractivity (Wildman–Crippen MR) is 108 cm³/mol. The maximum atomic E-state index is 13.1. The van der Waals surface area contributed by atoms with Crippen molar-refractivity contribution in [2.75, 3.05) is 12.8 Å². The van der Waals surface area contributed by atoms with E-state index < -0.39 is 17.7 Å². The highest BCUT2D eigenvalue weighted by Gasteiger charge is 2.32. The first-order valence-corrected chi connectivity index (χ1v) is 8.83. The van der Waals surface area contributed by atoms with Crippen molar-refractivity contribution < 1.29 is 14.3 Å². The number of nitrogens with zero attached hydrogens (tertiary/aromatic N) is 1. The summed E-state index contributed by atoms with van der Waals surface area (Å²) in [6.07, 6.45) is -0.447. The third-order valence-corrected chi connectivity index (χ3v) is 3.93. The summed E-state index contributed by atoms with van der Waals surface area (Å²) in [5, 5.41) is 0. The van der Waals surface area contributed by atoms with Crippen LogP contribution in [-0.4, -0.2) is 23.7 Å². The normalized spacial score (nSPS) is 12.1. The van der Waals surface area contributed by atoms with E-state index in [0.717, 1.165) is 11.1 Å². The lowest BCUT2D eigenvalue weighted by Gasteiger charge is -2.34. The molecule has 2 rings (SSSR count). The van der Waals surface area contributed by atoms with Gasteiger partial charge in [0.05, 0.1) is 13.7 Å². The summed E-state index contributed by atoms with van der Waals surface area (Å²) in [7, 11) is 1.55. The average molecular weight is 368 g/mol. The summed E-state index contributed by atoms with van der Waals surface area (Å²) >= 11 is 0. The highest BCUT2D eigenvalue weighted by atomic mass is 16.6. The van der Waals surface area contributed by atoms with Gasteiger partial charge in [-0.1, -0.05) is 49.0 Å². The van der Waals surface area contributed by atoms with Crippen LogP contribution in [0.3, 0.4) is 0 Å². The first kappa shape index (κ1) is 20.4. The number of carbonyl (C=O) groups is 1. The number of rotatable bonds is 6. The molecule has 0 heterocycles. The molecule has 0 unspecified atom stereocenters. The number of benzene rings is 2. The van der Waals surface area contributed by atoms with Crippen LogP contribution < -0.4 is 5.73 Å². The summed E-state index contributed by atoms with van der Waals surface area (Å²) in [6.45, 7) is 9.84. The fourth-order valence-electron chi connectivity index (χ4n) is 2.76. The average Bonchev–Trinajstić information content (AvgIpc) is 2.60. The maximum Gasteiger partial charge on any atom is 0.411 e. The highest BCUT2D eigenvalue weighted by Crippen LogP contribution is 2.31. The second-order valence-corrected chi connectivity index (χ2v) is 7.34. The van der Waals surface area contributed by atoms with Gasteiger partial charge in [-0.25, -0.2) is 4.79 Å². The van der Waals surface area contributed by atoms with E-state index in [0.29, 0.717) is 18.0 Å². The molecular formula is C22H28N2O3. The number of carbonyl (C=O) groups excluding carboxylic acids is 1. The fourth-order valence-corrected chi connectivity index (χ4v) is 2.76. The molecule has 0 aliphatic heterocycles. The van der Waals surface area contributed by atoms with Crippen molar-refractivity contribution in [1.82, 2.24) is 4.90 Å². The van der Waals surface area contributed by atoms with Gasteiger partial charge in [-0.05, 0) is 44.0 Å². The largest absolute Gasteiger partial charge is 0.499 e. The molecule has 0 saturated heterocycles. The van der Waals surface area contributed by atoms with Gasteiger partial charge in [-0.3, -0.25) is 4.90 Å². The van der Waals surface area contributed by atoms with Crippen molar-refractivity contribution in [2.45, 2.75) is 39.0 Å². The summed E-state index contributed by atoms with van der Waals surface area (Å²) in [5.74, 6) is 0.455. The first-order valence-electron chi connectivity index (χ1n) is 8.83. The predicted octanol–water partition coefficient (Wildman–Crippen LogP) is 4.91. The van der Waals surface area contributed by atoms with E-state index in [9.17, 15) is 4.79 Å². The van der Waals surface area contributed by atoms with E-state index in [1.165, 1.54) is 0 Å². The second-order valence-electron chi connectivity index (χ2n) is 7.34. The zero-order valence-electron chi connectivity index (χ0n) is 16.4. The van der Waals surface area contributed by atoms with Crippen molar-refractivity contribution >= 4 is 11.8 Å². The van der Waals surface area contributed by atoms with E-state index in [4.69, 9.17) is 15.2 Å². The molecule has 0 aliphatic carbocycles. The van der Waals surface area contributed by atoms with E-state index in [-0.39, 0.29) is 0 Å². The van der Waals surface area contributed by atoms with Gasteiger partial charge in [-0.2, -0.15) is 0 Å². The SMILES string of the molecule is C=C(OC)[C@H](c1ccccc1)N(Cc1cccc(N)c1)C(=O)OC(C)(C)C. The van der Waals surface area contributed by atoms with Crippen LogP contribution in [0.25, 0.3) is 0 Å². The Balaban J connectivity index is 2.47. The molecule has 0 spiro atoms. The number of hydrogen-bond donors (Lipinski definition) is 1. The van der Waals surface area contributed by atoms with Crippen molar-refractivity contribution in [3.05, 3.63) is 78.1 Å². The van der Waals surface area contributed by atoms with Gasteiger partial charge in [-0.15, -0.1) is 0 Å². The number of nitrogens with two attached hydrogens (primary N) is 1. The topological polar surface area (TPSA) is 64.8 Å². The lowest BCUT2D eigenvalue weighted by atomic mass is 10.0. The maximum absolute atomic E-state index is 13.1. The Kier molecular flexibility index (Phi) is 6.50. The summed E-state index contributed by atoms with van der Waals surface area (Å²) in [5.41, 5.74) is 7.70. The Labute approximate surface area is 161 Å². The Bertz CT molecular complexity index is 782. The van der Waals surface area contributed by atoms with E-state index in [2.05, 4.69) is 6.58 Å². The Morgan fingerprint density at radius 1 is 1.15 bits per heavy atom. The van der Waals surface area contributed by atoms with E-state index >= 15 is 0 Å². The molecule has 1 atom stereocenters. The molecule has 2 aromatic rings. The molecule has 2 N–H and O–H groups in total. The molecule has 1 amide bonds. The molecule has 0 fully saturated rings. The minimum atomic E-state index is -0.624. The minimum absolute atomic E-state index is 0.307. The smallest absolute Gasteiger partial charge is 0.411 e. The van der Waals surface area contributed by atoms with Crippen LogP contribution in [0.2, 0.25) is 0 Å². The van der Waals surface area contributed by atoms with Crippen molar-refractivity contribution in [3.63, 3.8) is 0 Å². The quantitative estimate of drug-likeness (QED) is 0.581. The molecule has 5 nitrogen and oxygen atoms in total. The highest BCUT2D eigenvalue weighted by molar-refractivity contribution is 5.69. The van der Waals surface area contributed by atoms with Crippen LogP contribution in [0.15, 0.2) is 66.9 Å². The summed E-state index contributed by atoms with van der Waals surface area (Å²) in [6, 6.07) is 16.6. The number of amides is 1. The molecule has 0 bridgehead atoms. The molecular weight excluding hydrogens is 340 g/mol. The molecule has 27 heavy (non-hydrogen) atoms. The Hall–Kier alpha value is -2.95. The Morgan fingerprint density at radius 3 is 2.37 bits per heavy atom. The van der Waals surface area contributed by atoms with Crippen LogP contribution in [0, 0.1) is 0 Å². The van der Waals surface area contributed by atoms with Crippen LogP contribution in [0.5, 0.6) is 0 Å². The van der Waals surface area contributed by atoms with Crippen molar-refractivity contribution in [2.24, 2.45) is 0 Å². The van der Waals surface area contributed by atoms with Gasteiger partial charge < -0.3 is 15.2 Å². The molecule has 0 saturated carbocycles. The first-order chi connectivity index (χ1) is 12.7. The van der Waals surface area contributed by atoms with E-state index in [1.807, 2.05) is 75.4 Å². The van der Waals surface area contributed by atoms with Crippen molar-refractivity contribution in [3.8, 4) is 0 Å². The molecule has 0 radical (unpaired) electrons. The number of methoxy groups -OCH3 is 1. The van der Waals surface area contributed by atoms with Crippen LogP contribution in [0.4, 0.5) is 10.5 Å². The lowest BCUT2D eigenvalue weighted by molar-refractivity contribution is 0.0119. The van der Waals surface area contributed by atoms with Gasteiger partial charge in [0, 0.05) is 5.69 Å². The van der Waals surface area contributed by atoms with Gasteiger partial charge in [0.1, 0.15) is 17.4 Å². The van der Waals surface area contributed by atoms with E-state index in [1.54, 1.807) is 12.0 Å². The zero-order chi connectivity index (χ0) is 20.0. The number of ether oxygens (including phenoxy) is 2. The lowest BCUT2D eigenvalue weighted by Crippen LogP contribution is -2.39. The molecule has 2 aromatic carbocycles. The molecule has 5 heteroatoms. The summed E-state index contributed by atoms with van der Waals surface area (Å²) in [4.78, 5) is 14.7. The number of nitrogen functional groups attached to an aromatic ring is 1. The summed E-state index contributed by atoms with van der Waals surface area (Å²) < 4.78 is 11.1. The third-order valence-electron chi connectivity index (χ3n) is 3.93. The van der Waals surface area contributed by atoms with Crippen LogP contribution >= 0.6 is 0 Å². The van der Waals surface area contributed by atoms with Gasteiger partial charge in [0.25, 0.3) is 0 Å². The Morgan fingerprint density at radius 2 is 1.81 bits per heavy atom. The second kappa shape index (κ2) is 8.62. The monoisotopic (exact) mass is 368 g/mol. The number of hydrogen-bond acceptors (Lipinski definition) is 4. The zero-order valence-corrected chi connectivity index (χ0v) is 16.4. The molecule has 0 aliphatic rings. The fraction of sp³-hybridized carbons (Fsp3) is 0.318. The van der Waals surface area contributed by atoms with Crippen LogP contribution in [0.1, 0.15) is 37.9 Å². The third kappa shape index (κ3) is 5.78. The molecule has 0 aromatic heterocycles. The number of anilines is 1. The van der Waals surface area contributed by atoms with Gasteiger partial charge in [0.15, 0.2) is 0 Å². The van der Waals surface area contributed by atoms with Gasteiger partial charge >= 0.3 is 6.09 Å². The standard InChI is InChI=1S/C22H28N2O3/c1-16(26-5)20(18-11-7-6-8-12-18)24(21(25)27-22(2,3)4)15-17-10-9-13-19(23)14-17/h6-14,20H,1,15,23H2,2-5H3/t20-/m1/s1. The van der Waals surface area contributed by atoms with Crippen molar-refractivity contribution in [1.29, 1.82) is 0 Å². The molecule has 144 valence electrons. The van der Waals surface area contributed by atoms with Gasteiger partial charge in [0.2, 0.25) is 0 Å². The minimum Gasteiger partial charge on any atom is -0.499 e.